The van der Waals surface area contributed by atoms with E-state index >= 15 is 0 Å². The highest BCUT2D eigenvalue weighted by molar-refractivity contribution is 5.87. The Morgan fingerprint density at radius 3 is 2.41 bits per heavy atom. The smallest absolute Gasteiger partial charge is 0.335 e. The van der Waals surface area contributed by atoms with Crippen LogP contribution in [0.4, 0.5) is 0 Å². The van der Waals surface area contributed by atoms with Gasteiger partial charge in [0.2, 0.25) is 0 Å². The maximum atomic E-state index is 11.0. The number of imidazole rings is 1. The first-order valence-electron chi connectivity index (χ1n) is 9.61. The third-order valence-electron chi connectivity index (χ3n) is 4.84. The van der Waals surface area contributed by atoms with Gasteiger partial charge in [0.1, 0.15) is 25.5 Å². The van der Waals surface area contributed by atoms with Crippen LogP contribution in [0, 0.1) is 0 Å². The van der Waals surface area contributed by atoms with Crippen molar-refractivity contribution in [2.75, 3.05) is 0 Å². The number of nitrogens with zero attached hydrogens (tertiary/aromatic N) is 2. The number of aromatic carboxylic acids is 1. The van der Waals surface area contributed by atoms with Crippen LogP contribution in [-0.2, 0) is 19.5 Å². The van der Waals surface area contributed by atoms with Crippen molar-refractivity contribution in [3.05, 3.63) is 89.5 Å². The summed E-state index contributed by atoms with van der Waals surface area (Å²) in [5, 5.41) is 9.06. The summed E-state index contributed by atoms with van der Waals surface area (Å²) >= 11 is 0. The van der Waals surface area contributed by atoms with Crippen LogP contribution in [0.2, 0.25) is 0 Å². The zero-order valence-electron chi connectivity index (χ0n) is 15.8. The molecule has 3 rings (SSSR count). The predicted octanol–water partition coefficient (Wildman–Crippen LogP) is 4.30. The second kappa shape index (κ2) is 9.17. The average molecular weight is 363 g/mol. The Kier molecular flexibility index (Phi) is 6.42. The summed E-state index contributed by atoms with van der Waals surface area (Å²) in [5.74, 6) is 0.429. The van der Waals surface area contributed by atoms with Crippen molar-refractivity contribution in [2.24, 2.45) is 0 Å². The molecule has 140 valence electrons. The Hall–Kier alpha value is -2.88. The molecule has 1 N–H and O–H groups in total. The fraction of sp³-hybridized carbons (Fsp3) is 0.304. The average Bonchev–Trinajstić information content (AvgIpc) is 3.04. The molecule has 0 saturated heterocycles. The maximum Gasteiger partial charge on any atom is 0.335 e. The molecule has 27 heavy (non-hydrogen) atoms. The molecule has 0 aliphatic carbocycles. The quantitative estimate of drug-likeness (QED) is 0.455. The molecule has 0 unspecified atom stereocenters. The Labute approximate surface area is 160 Å². The minimum absolute atomic E-state index is 0.327. The van der Waals surface area contributed by atoms with Crippen molar-refractivity contribution in [3.8, 4) is 0 Å². The van der Waals surface area contributed by atoms with Gasteiger partial charge in [-0.1, -0.05) is 62.2 Å². The number of hydrogen-bond acceptors (Lipinski definition) is 1. The zero-order valence-corrected chi connectivity index (χ0v) is 15.8. The predicted molar refractivity (Wildman–Crippen MR) is 106 cm³/mol. The van der Waals surface area contributed by atoms with Gasteiger partial charge in [-0.2, -0.15) is 0 Å². The first-order chi connectivity index (χ1) is 13.2. The van der Waals surface area contributed by atoms with Crippen LogP contribution < -0.4 is 4.57 Å². The topological polar surface area (TPSA) is 46.1 Å². The first-order valence-corrected chi connectivity index (χ1v) is 9.61. The van der Waals surface area contributed by atoms with Gasteiger partial charge >= 0.3 is 5.97 Å². The van der Waals surface area contributed by atoms with E-state index in [1.54, 1.807) is 12.1 Å². The summed E-state index contributed by atoms with van der Waals surface area (Å²) in [5.41, 5.74) is 2.73. The van der Waals surface area contributed by atoms with Gasteiger partial charge in [0, 0.05) is 6.42 Å². The molecule has 0 radical (unpaired) electrons. The Bertz CT molecular complexity index is 867. The van der Waals surface area contributed by atoms with Crippen molar-refractivity contribution >= 4 is 5.97 Å². The summed E-state index contributed by atoms with van der Waals surface area (Å²) in [6.07, 6.45) is 8.93. The van der Waals surface area contributed by atoms with Gasteiger partial charge in [0.05, 0.1) is 5.56 Å². The molecular formula is C23H27N2O2+. The number of aromatic nitrogens is 2. The van der Waals surface area contributed by atoms with Crippen molar-refractivity contribution in [1.82, 2.24) is 4.57 Å². The van der Waals surface area contributed by atoms with E-state index in [0.29, 0.717) is 5.56 Å². The Morgan fingerprint density at radius 1 is 1.00 bits per heavy atom. The van der Waals surface area contributed by atoms with E-state index in [1.807, 2.05) is 18.2 Å². The lowest BCUT2D eigenvalue weighted by Gasteiger charge is -2.06. The standard InChI is InChI=1S/C23H26N2O2/c1-2-3-5-10-22-24(17-19-8-6-4-7-9-19)15-16-25(22)18-20-11-13-21(14-12-20)23(26)27/h4,6-9,11-16H,2-3,5,10,17-18H2,1H3/p+1. The highest BCUT2D eigenvalue weighted by atomic mass is 16.4. The molecule has 3 aromatic rings. The van der Waals surface area contributed by atoms with Crippen molar-refractivity contribution in [1.29, 1.82) is 0 Å². The van der Waals surface area contributed by atoms with E-state index in [2.05, 4.69) is 52.7 Å². The molecule has 0 aliphatic rings. The normalized spacial score (nSPS) is 10.9. The molecule has 4 heteroatoms. The van der Waals surface area contributed by atoms with Crippen LogP contribution in [0.1, 0.15) is 53.5 Å². The van der Waals surface area contributed by atoms with E-state index < -0.39 is 5.97 Å². The van der Waals surface area contributed by atoms with Crippen LogP contribution >= 0.6 is 0 Å². The minimum Gasteiger partial charge on any atom is -0.478 e. The molecule has 0 aliphatic heterocycles. The van der Waals surface area contributed by atoms with Gasteiger partial charge < -0.3 is 5.11 Å². The third-order valence-corrected chi connectivity index (χ3v) is 4.84. The molecule has 4 nitrogen and oxygen atoms in total. The molecule has 0 amide bonds. The molecule has 0 atom stereocenters. The largest absolute Gasteiger partial charge is 0.478 e. The number of carbonyl (C=O) groups is 1. The number of benzene rings is 2. The van der Waals surface area contributed by atoms with E-state index in [9.17, 15) is 4.79 Å². The molecule has 1 heterocycles. The Balaban J connectivity index is 1.81. The lowest BCUT2D eigenvalue weighted by molar-refractivity contribution is -0.695. The van der Waals surface area contributed by atoms with E-state index in [1.165, 1.54) is 30.7 Å². The number of carboxylic acids is 1. The molecule has 1 aromatic heterocycles. The SMILES string of the molecule is CCCCCc1n(Cc2ccc(C(=O)O)cc2)cc[n+]1Cc1ccccc1. The van der Waals surface area contributed by atoms with Gasteiger partial charge in [-0.3, -0.25) is 0 Å². The molecule has 0 spiro atoms. The fourth-order valence-electron chi connectivity index (χ4n) is 3.34. The van der Waals surface area contributed by atoms with Gasteiger partial charge in [-0.05, 0) is 29.7 Å². The van der Waals surface area contributed by atoms with Gasteiger partial charge in [0.15, 0.2) is 0 Å². The van der Waals surface area contributed by atoms with E-state index in [-0.39, 0.29) is 0 Å². The summed E-state index contributed by atoms with van der Waals surface area (Å²) in [7, 11) is 0. The van der Waals surface area contributed by atoms with Crippen LogP contribution in [0.15, 0.2) is 67.0 Å². The maximum absolute atomic E-state index is 11.0. The summed E-state index contributed by atoms with van der Waals surface area (Å²) in [6.45, 7) is 3.84. The highest BCUT2D eigenvalue weighted by Crippen LogP contribution is 2.11. The number of hydrogen-bond donors (Lipinski definition) is 1. The molecule has 0 saturated carbocycles. The van der Waals surface area contributed by atoms with Crippen molar-refractivity contribution in [2.45, 2.75) is 45.7 Å². The summed E-state index contributed by atoms with van der Waals surface area (Å²) in [4.78, 5) is 11.0. The van der Waals surface area contributed by atoms with E-state index in [0.717, 1.165) is 25.1 Å². The fourth-order valence-corrected chi connectivity index (χ4v) is 3.34. The van der Waals surface area contributed by atoms with Crippen molar-refractivity contribution in [3.63, 3.8) is 0 Å². The monoisotopic (exact) mass is 363 g/mol. The number of rotatable bonds is 9. The molecule has 2 aromatic carbocycles. The van der Waals surface area contributed by atoms with Crippen molar-refractivity contribution < 1.29 is 14.5 Å². The first kappa shape index (κ1) is 18.9. The Morgan fingerprint density at radius 2 is 1.74 bits per heavy atom. The van der Waals surface area contributed by atoms with Gasteiger partial charge in [-0.25, -0.2) is 13.9 Å². The summed E-state index contributed by atoms with van der Waals surface area (Å²) in [6, 6.07) is 17.7. The second-order valence-electron chi connectivity index (χ2n) is 6.91. The number of unbranched alkanes of at least 4 members (excludes halogenated alkanes) is 2. The highest BCUT2D eigenvalue weighted by Gasteiger charge is 2.17. The van der Waals surface area contributed by atoms with Gasteiger partial charge in [-0.15, -0.1) is 0 Å². The van der Waals surface area contributed by atoms with Crippen LogP contribution in [0.25, 0.3) is 0 Å². The summed E-state index contributed by atoms with van der Waals surface area (Å²) < 4.78 is 4.62. The van der Waals surface area contributed by atoms with Crippen LogP contribution in [0.3, 0.4) is 0 Å². The third kappa shape index (κ3) is 5.07. The van der Waals surface area contributed by atoms with Crippen LogP contribution in [0.5, 0.6) is 0 Å². The molecular weight excluding hydrogens is 336 g/mol. The zero-order chi connectivity index (χ0) is 19.1. The van der Waals surface area contributed by atoms with E-state index in [4.69, 9.17) is 5.11 Å². The lowest BCUT2D eigenvalue weighted by atomic mass is 10.1. The number of carboxylic acid groups (broad SMARTS) is 1. The lowest BCUT2D eigenvalue weighted by Crippen LogP contribution is -2.38. The molecule has 0 fully saturated rings. The minimum atomic E-state index is -0.886. The molecule has 0 bridgehead atoms. The van der Waals surface area contributed by atoms with Gasteiger partial charge in [0.25, 0.3) is 5.82 Å². The second-order valence-corrected chi connectivity index (χ2v) is 6.91. The van der Waals surface area contributed by atoms with Crippen LogP contribution in [-0.4, -0.2) is 15.6 Å².